The third-order valence-corrected chi connectivity index (χ3v) is 6.38. The van der Waals surface area contributed by atoms with E-state index in [-0.39, 0.29) is 30.3 Å². The number of carbonyl (C=O) groups excluding carboxylic acids is 3. The molecule has 0 N–H and O–H groups in total. The topological polar surface area (TPSA) is 57.7 Å². The quantitative estimate of drug-likeness (QED) is 0.651. The summed E-state index contributed by atoms with van der Waals surface area (Å²) < 4.78 is 0. The van der Waals surface area contributed by atoms with Crippen LogP contribution in [-0.4, -0.2) is 46.7 Å². The summed E-state index contributed by atoms with van der Waals surface area (Å²) in [7, 11) is 0. The van der Waals surface area contributed by atoms with Crippen LogP contribution in [0.5, 0.6) is 0 Å². The molecule has 0 saturated carbocycles. The Balaban J connectivity index is 1.33. The van der Waals surface area contributed by atoms with Gasteiger partial charge in [-0.3, -0.25) is 19.3 Å². The van der Waals surface area contributed by atoms with Crippen molar-refractivity contribution in [2.24, 2.45) is 0 Å². The maximum absolute atomic E-state index is 12.8. The Kier molecular flexibility index (Phi) is 5.91. The highest BCUT2D eigenvalue weighted by Gasteiger charge is 2.35. The molecule has 1 saturated heterocycles. The second-order valence-corrected chi connectivity index (χ2v) is 8.50. The normalized spacial score (nSPS) is 18.3. The smallest absolute Gasteiger partial charge is 0.261 e. The molecule has 5 nitrogen and oxygen atoms in total. The van der Waals surface area contributed by atoms with E-state index in [0.29, 0.717) is 24.0 Å². The van der Waals surface area contributed by atoms with E-state index >= 15 is 0 Å². The molecule has 4 rings (SSSR count). The zero-order chi connectivity index (χ0) is 21.3. The van der Waals surface area contributed by atoms with Crippen molar-refractivity contribution in [1.29, 1.82) is 0 Å². The predicted octanol–water partition coefficient (Wildman–Crippen LogP) is 4.26. The lowest BCUT2D eigenvalue weighted by Crippen LogP contribution is -2.37. The molecule has 1 unspecified atom stereocenters. The molecule has 1 fully saturated rings. The first kappa shape index (κ1) is 20.6. The molecule has 0 bridgehead atoms. The van der Waals surface area contributed by atoms with Crippen molar-refractivity contribution in [2.45, 2.75) is 45.1 Å². The summed E-state index contributed by atoms with van der Waals surface area (Å²) in [6, 6.07) is 13.2. The molecule has 2 aliphatic rings. The molecular formula is C24H25ClN2O3. The molecule has 0 aromatic heterocycles. The molecule has 1 atom stereocenters. The minimum atomic E-state index is -0.264. The van der Waals surface area contributed by atoms with Gasteiger partial charge < -0.3 is 4.90 Å². The van der Waals surface area contributed by atoms with Gasteiger partial charge in [-0.25, -0.2) is 0 Å². The predicted molar refractivity (Wildman–Crippen MR) is 116 cm³/mol. The third kappa shape index (κ3) is 3.99. The maximum atomic E-state index is 12.8. The van der Waals surface area contributed by atoms with E-state index in [2.05, 4.69) is 0 Å². The molecule has 2 aromatic rings. The number of hydrogen-bond acceptors (Lipinski definition) is 3. The van der Waals surface area contributed by atoms with Crippen LogP contribution in [0.15, 0.2) is 42.5 Å². The second kappa shape index (κ2) is 8.60. The van der Waals surface area contributed by atoms with Crippen LogP contribution >= 0.6 is 11.6 Å². The fourth-order valence-corrected chi connectivity index (χ4v) is 4.65. The monoisotopic (exact) mass is 424 g/mol. The highest BCUT2D eigenvalue weighted by atomic mass is 35.5. The number of amides is 3. The molecule has 6 heteroatoms. The van der Waals surface area contributed by atoms with Crippen LogP contribution < -0.4 is 0 Å². The van der Waals surface area contributed by atoms with E-state index in [1.807, 2.05) is 42.2 Å². The standard InChI is InChI=1S/C24H25ClN2O3/c1-16-10-11-19-20(14-16)24(30)27(23(19)29)13-5-9-22(28)26-12-4-7-18(26)15-17-6-2-3-8-21(17)25/h2-3,6,8,10-11,14,18H,4-5,7,9,12-13,15H2,1H3. The summed E-state index contributed by atoms with van der Waals surface area (Å²) in [6.45, 7) is 2.91. The van der Waals surface area contributed by atoms with Crippen molar-refractivity contribution in [3.63, 3.8) is 0 Å². The molecule has 2 heterocycles. The van der Waals surface area contributed by atoms with Gasteiger partial charge in [-0.05, 0) is 56.4 Å². The highest BCUT2D eigenvalue weighted by Crippen LogP contribution is 2.27. The van der Waals surface area contributed by atoms with E-state index in [1.54, 1.807) is 12.1 Å². The Labute approximate surface area is 181 Å². The summed E-state index contributed by atoms with van der Waals surface area (Å²) in [5.74, 6) is -0.443. The number of benzene rings is 2. The summed E-state index contributed by atoms with van der Waals surface area (Å²) in [5, 5.41) is 0.734. The molecule has 156 valence electrons. The van der Waals surface area contributed by atoms with Gasteiger partial charge >= 0.3 is 0 Å². The van der Waals surface area contributed by atoms with Gasteiger partial charge in [0.15, 0.2) is 0 Å². The van der Waals surface area contributed by atoms with Crippen LogP contribution in [0, 0.1) is 6.92 Å². The van der Waals surface area contributed by atoms with E-state index in [4.69, 9.17) is 11.6 Å². The Morgan fingerprint density at radius 1 is 1.10 bits per heavy atom. The van der Waals surface area contributed by atoms with Crippen molar-refractivity contribution < 1.29 is 14.4 Å². The van der Waals surface area contributed by atoms with Gasteiger partial charge in [-0.15, -0.1) is 0 Å². The molecule has 0 radical (unpaired) electrons. The fourth-order valence-electron chi connectivity index (χ4n) is 4.43. The van der Waals surface area contributed by atoms with Crippen molar-refractivity contribution in [3.05, 3.63) is 69.7 Å². The third-order valence-electron chi connectivity index (χ3n) is 6.01. The first-order valence-electron chi connectivity index (χ1n) is 10.5. The average Bonchev–Trinajstić information content (AvgIpc) is 3.28. The number of hydrogen-bond donors (Lipinski definition) is 0. The molecule has 2 aliphatic heterocycles. The van der Waals surface area contributed by atoms with Crippen LogP contribution in [-0.2, 0) is 11.2 Å². The lowest BCUT2D eigenvalue weighted by Gasteiger charge is -2.25. The number of nitrogens with zero attached hydrogens (tertiary/aromatic N) is 2. The summed E-state index contributed by atoms with van der Waals surface area (Å²) in [5.41, 5.74) is 2.93. The van der Waals surface area contributed by atoms with E-state index < -0.39 is 0 Å². The second-order valence-electron chi connectivity index (χ2n) is 8.09. The maximum Gasteiger partial charge on any atom is 0.261 e. The van der Waals surface area contributed by atoms with E-state index in [0.717, 1.165) is 42.0 Å². The number of likely N-dealkylation sites (tertiary alicyclic amines) is 1. The van der Waals surface area contributed by atoms with Crippen molar-refractivity contribution >= 4 is 29.3 Å². The number of rotatable bonds is 6. The van der Waals surface area contributed by atoms with Gasteiger partial charge in [-0.1, -0.05) is 41.4 Å². The van der Waals surface area contributed by atoms with Crippen LogP contribution in [0.4, 0.5) is 0 Å². The van der Waals surface area contributed by atoms with Gasteiger partial charge in [0.05, 0.1) is 11.1 Å². The van der Waals surface area contributed by atoms with Gasteiger partial charge in [0.25, 0.3) is 11.8 Å². The number of imide groups is 1. The minimum Gasteiger partial charge on any atom is -0.339 e. The Morgan fingerprint density at radius 2 is 1.87 bits per heavy atom. The highest BCUT2D eigenvalue weighted by molar-refractivity contribution is 6.31. The van der Waals surface area contributed by atoms with Crippen molar-refractivity contribution in [1.82, 2.24) is 9.80 Å². The number of aryl methyl sites for hydroxylation is 1. The Morgan fingerprint density at radius 3 is 2.67 bits per heavy atom. The van der Waals surface area contributed by atoms with E-state index in [9.17, 15) is 14.4 Å². The molecular weight excluding hydrogens is 400 g/mol. The minimum absolute atomic E-state index is 0.0806. The van der Waals surface area contributed by atoms with E-state index in [1.165, 1.54) is 4.90 Å². The molecule has 2 aromatic carbocycles. The van der Waals surface area contributed by atoms with Gasteiger partial charge in [0, 0.05) is 30.6 Å². The Bertz CT molecular complexity index is 1000. The zero-order valence-corrected chi connectivity index (χ0v) is 17.8. The van der Waals surface area contributed by atoms with Crippen molar-refractivity contribution in [2.75, 3.05) is 13.1 Å². The zero-order valence-electron chi connectivity index (χ0n) is 17.1. The van der Waals surface area contributed by atoms with Crippen molar-refractivity contribution in [3.8, 4) is 0 Å². The number of carbonyl (C=O) groups is 3. The SMILES string of the molecule is Cc1ccc2c(c1)C(=O)N(CCCC(=O)N1CCCC1Cc1ccccc1Cl)C2=O. The Hall–Kier alpha value is -2.66. The lowest BCUT2D eigenvalue weighted by molar-refractivity contribution is -0.132. The molecule has 30 heavy (non-hydrogen) atoms. The molecule has 0 aliphatic carbocycles. The average molecular weight is 425 g/mol. The largest absolute Gasteiger partial charge is 0.339 e. The molecule has 3 amide bonds. The summed E-state index contributed by atoms with van der Waals surface area (Å²) in [4.78, 5) is 41.2. The van der Waals surface area contributed by atoms with Gasteiger partial charge in [0.2, 0.25) is 5.91 Å². The summed E-state index contributed by atoms with van der Waals surface area (Å²) in [6.07, 6.45) is 3.50. The number of fused-ring (bicyclic) bond motifs is 1. The van der Waals surface area contributed by atoms with Crippen LogP contribution in [0.25, 0.3) is 0 Å². The molecule has 0 spiro atoms. The lowest BCUT2D eigenvalue weighted by atomic mass is 10.0. The van der Waals surface area contributed by atoms with Crippen LogP contribution in [0.2, 0.25) is 5.02 Å². The number of halogens is 1. The first-order valence-corrected chi connectivity index (χ1v) is 10.8. The first-order chi connectivity index (χ1) is 14.5. The fraction of sp³-hybridized carbons (Fsp3) is 0.375. The van der Waals surface area contributed by atoms with Crippen LogP contribution in [0.3, 0.4) is 0 Å². The van der Waals surface area contributed by atoms with Gasteiger partial charge in [0.1, 0.15) is 0 Å². The summed E-state index contributed by atoms with van der Waals surface area (Å²) >= 11 is 6.29. The van der Waals surface area contributed by atoms with Gasteiger partial charge in [-0.2, -0.15) is 0 Å². The van der Waals surface area contributed by atoms with Crippen LogP contribution in [0.1, 0.15) is 57.5 Å².